The molecule has 0 amide bonds. The zero-order chi connectivity index (χ0) is 14.8. The second-order valence-electron chi connectivity index (χ2n) is 4.59. The Labute approximate surface area is 120 Å². The van der Waals surface area contributed by atoms with Crippen LogP contribution in [0.3, 0.4) is 0 Å². The number of hydrogen-bond donors (Lipinski definition) is 0. The van der Waals surface area contributed by atoms with Gasteiger partial charge in [-0.3, -0.25) is 4.57 Å². The summed E-state index contributed by atoms with van der Waals surface area (Å²) in [6, 6.07) is 7.66. The molecule has 3 rings (SSSR count). The van der Waals surface area contributed by atoms with Gasteiger partial charge in [-0.1, -0.05) is 6.07 Å². The maximum Gasteiger partial charge on any atom is 0.319 e. The van der Waals surface area contributed by atoms with Gasteiger partial charge in [0.2, 0.25) is 0 Å². The van der Waals surface area contributed by atoms with Crippen LogP contribution < -0.4 is 4.74 Å². The highest BCUT2D eigenvalue weighted by molar-refractivity contribution is 5.86. The van der Waals surface area contributed by atoms with Crippen LogP contribution >= 0.6 is 0 Å². The van der Waals surface area contributed by atoms with Crippen molar-refractivity contribution in [3.63, 3.8) is 0 Å². The molecule has 0 bridgehead atoms. The summed E-state index contributed by atoms with van der Waals surface area (Å²) in [7, 11) is 0. The highest BCUT2D eigenvalue weighted by atomic mass is 19.3. The van der Waals surface area contributed by atoms with Gasteiger partial charge in [0.15, 0.2) is 0 Å². The summed E-state index contributed by atoms with van der Waals surface area (Å²) in [5.74, 6) is 1.12. The summed E-state index contributed by atoms with van der Waals surface area (Å²) in [4.78, 5) is 4.01. The Morgan fingerprint density at radius 2 is 2.10 bits per heavy atom. The van der Waals surface area contributed by atoms with E-state index in [0.717, 1.165) is 21.2 Å². The minimum absolute atomic E-state index is 0.288. The molecule has 0 spiro atoms. The summed E-state index contributed by atoms with van der Waals surface area (Å²) < 4.78 is 34.1. The molecule has 21 heavy (non-hydrogen) atoms. The molecular formula is C15H15F2N3O. The topological polar surface area (TPSA) is 32.0 Å². The zero-order valence-electron chi connectivity index (χ0n) is 11.5. The van der Waals surface area contributed by atoms with E-state index in [0.29, 0.717) is 12.4 Å². The average Bonchev–Trinajstić information content (AvgIpc) is 3.08. The highest BCUT2D eigenvalue weighted by Crippen LogP contribution is 2.27. The maximum atomic E-state index is 12.9. The second-order valence-corrected chi connectivity index (χ2v) is 4.59. The lowest BCUT2D eigenvalue weighted by molar-refractivity contribution is 0.0667. The first kappa shape index (κ1) is 13.6. The number of alkyl halides is 2. The lowest BCUT2D eigenvalue weighted by Crippen LogP contribution is -2.08. The van der Waals surface area contributed by atoms with E-state index in [1.54, 1.807) is 0 Å². The van der Waals surface area contributed by atoms with Crippen molar-refractivity contribution in [1.29, 1.82) is 0 Å². The first-order valence-electron chi connectivity index (χ1n) is 6.71. The van der Waals surface area contributed by atoms with Crippen molar-refractivity contribution < 1.29 is 13.5 Å². The average molecular weight is 291 g/mol. The first-order valence-corrected chi connectivity index (χ1v) is 6.71. The molecule has 0 atom stereocenters. The van der Waals surface area contributed by atoms with E-state index >= 15 is 0 Å². The third-order valence-corrected chi connectivity index (χ3v) is 3.34. The summed E-state index contributed by atoms with van der Waals surface area (Å²) >= 11 is 0. The molecule has 0 fully saturated rings. The fourth-order valence-corrected chi connectivity index (χ4v) is 2.41. The fraction of sp³-hybridized carbons (Fsp3) is 0.267. The van der Waals surface area contributed by atoms with Crippen molar-refractivity contribution >= 4 is 10.9 Å². The minimum atomic E-state index is -2.58. The van der Waals surface area contributed by atoms with Gasteiger partial charge in [-0.25, -0.2) is 4.98 Å². The molecule has 0 saturated heterocycles. The lowest BCUT2D eigenvalue weighted by atomic mass is 10.2. The Morgan fingerprint density at radius 3 is 2.86 bits per heavy atom. The standard InChI is InChI=1S/C15H15F2N3O/c1-2-21-13-5-3-4-12-11(13)6-8-19(12)10-14-18-7-9-20(14)15(16)17/h3-9,15H,2,10H2,1H3. The van der Waals surface area contributed by atoms with Gasteiger partial charge in [0, 0.05) is 24.0 Å². The highest BCUT2D eigenvalue weighted by Gasteiger charge is 2.13. The Bertz CT molecular complexity index is 748. The van der Waals surface area contributed by atoms with E-state index in [2.05, 4.69) is 4.98 Å². The van der Waals surface area contributed by atoms with E-state index in [4.69, 9.17) is 4.74 Å². The molecule has 3 aromatic rings. The van der Waals surface area contributed by atoms with E-state index < -0.39 is 6.55 Å². The van der Waals surface area contributed by atoms with E-state index in [1.807, 2.05) is 42.0 Å². The number of nitrogens with zero attached hydrogens (tertiary/aromatic N) is 3. The van der Waals surface area contributed by atoms with Gasteiger partial charge in [-0.15, -0.1) is 0 Å². The molecule has 1 aromatic carbocycles. The maximum absolute atomic E-state index is 12.9. The lowest BCUT2D eigenvalue weighted by Gasteiger charge is -2.09. The number of ether oxygens (including phenoxy) is 1. The van der Waals surface area contributed by atoms with Crippen LogP contribution in [0.1, 0.15) is 19.3 Å². The van der Waals surface area contributed by atoms with Crippen LogP contribution in [-0.4, -0.2) is 20.7 Å². The molecule has 0 saturated carbocycles. The van der Waals surface area contributed by atoms with E-state index in [9.17, 15) is 8.78 Å². The SMILES string of the molecule is CCOc1cccc2c1ccn2Cc1nccn1C(F)F. The summed E-state index contributed by atoms with van der Waals surface area (Å²) in [6.07, 6.45) is 4.54. The minimum Gasteiger partial charge on any atom is -0.493 e. The van der Waals surface area contributed by atoms with Crippen molar-refractivity contribution in [2.45, 2.75) is 20.0 Å². The normalized spacial score (nSPS) is 11.4. The van der Waals surface area contributed by atoms with Gasteiger partial charge in [0.25, 0.3) is 0 Å². The van der Waals surface area contributed by atoms with Gasteiger partial charge in [-0.05, 0) is 25.1 Å². The third kappa shape index (κ3) is 2.49. The van der Waals surface area contributed by atoms with Gasteiger partial charge < -0.3 is 9.30 Å². The smallest absolute Gasteiger partial charge is 0.319 e. The molecule has 2 heterocycles. The summed E-state index contributed by atoms with van der Waals surface area (Å²) in [5.41, 5.74) is 0.935. The monoisotopic (exact) mass is 291 g/mol. The Hall–Kier alpha value is -2.37. The number of fused-ring (bicyclic) bond motifs is 1. The molecule has 0 aliphatic heterocycles. The molecule has 4 nitrogen and oxygen atoms in total. The molecule has 6 heteroatoms. The molecule has 0 aliphatic carbocycles. The molecule has 0 aliphatic rings. The van der Waals surface area contributed by atoms with Gasteiger partial charge in [-0.2, -0.15) is 8.78 Å². The van der Waals surface area contributed by atoms with Gasteiger partial charge in [0.1, 0.15) is 11.6 Å². The van der Waals surface area contributed by atoms with Crippen LogP contribution in [0.25, 0.3) is 10.9 Å². The molecule has 0 unspecified atom stereocenters. The molecule has 110 valence electrons. The van der Waals surface area contributed by atoms with Gasteiger partial charge in [0.05, 0.1) is 18.7 Å². The molecule has 0 N–H and O–H groups in total. The van der Waals surface area contributed by atoms with Crippen molar-refractivity contribution in [1.82, 2.24) is 14.1 Å². The van der Waals surface area contributed by atoms with Gasteiger partial charge >= 0.3 is 6.55 Å². The van der Waals surface area contributed by atoms with E-state index in [-0.39, 0.29) is 6.54 Å². The van der Waals surface area contributed by atoms with Crippen LogP contribution in [0.15, 0.2) is 42.9 Å². The Morgan fingerprint density at radius 1 is 1.24 bits per heavy atom. The number of halogens is 2. The van der Waals surface area contributed by atoms with Crippen LogP contribution in [0.4, 0.5) is 8.78 Å². The first-order chi connectivity index (χ1) is 10.2. The second kappa shape index (κ2) is 5.55. The fourth-order valence-electron chi connectivity index (χ4n) is 2.41. The Kier molecular flexibility index (Phi) is 3.60. The molecular weight excluding hydrogens is 276 g/mol. The number of aromatic nitrogens is 3. The molecule has 0 radical (unpaired) electrons. The largest absolute Gasteiger partial charge is 0.493 e. The Balaban J connectivity index is 1.98. The zero-order valence-corrected chi connectivity index (χ0v) is 11.5. The number of imidazole rings is 1. The number of benzene rings is 1. The number of rotatable bonds is 5. The van der Waals surface area contributed by atoms with Crippen LogP contribution in [0, 0.1) is 0 Å². The quantitative estimate of drug-likeness (QED) is 0.718. The summed E-state index contributed by atoms with van der Waals surface area (Å²) in [6.45, 7) is 0.217. The van der Waals surface area contributed by atoms with Crippen LogP contribution in [0.2, 0.25) is 0 Å². The van der Waals surface area contributed by atoms with Crippen molar-refractivity contribution in [2.75, 3.05) is 6.61 Å². The van der Waals surface area contributed by atoms with Crippen LogP contribution in [-0.2, 0) is 6.54 Å². The summed E-state index contributed by atoms with van der Waals surface area (Å²) in [5, 5.41) is 0.967. The predicted molar refractivity (Wildman–Crippen MR) is 75.7 cm³/mol. The number of hydrogen-bond acceptors (Lipinski definition) is 2. The van der Waals surface area contributed by atoms with Crippen molar-refractivity contribution in [3.05, 3.63) is 48.7 Å². The molecule has 2 aromatic heterocycles. The predicted octanol–water partition coefficient (Wildman–Crippen LogP) is 3.68. The van der Waals surface area contributed by atoms with E-state index in [1.165, 1.54) is 12.4 Å². The van der Waals surface area contributed by atoms with Crippen LogP contribution in [0.5, 0.6) is 5.75 Å². The van der Waals surface area contributed by atoms with Crippen molar-refractivity contribution in [2.24, 2.45) is 0 Å². The third-order valence-electron chi connectivity index (χ3n) is 3.34. The van der Waals surface area contributed by atoms with Crippen molar-refractivity contribution in [3.8, 4) is 5.75 Å².